The number of carbonyl (C=O) groups is 1. The number of hydrogen-bond acceptors (Lipinski definition) is 7. The van der Waals surface area contributed by atoms with Crippen LogP contribution in [0.3, 0.4) is 0 Å². The van der Waals surface area contributed by atoms with Crippen LogP contribution in [0.1, 0.15) is 31.0 Å². The fourth-order valence-corrected chi connectivity index (χ4v) is 4.35. The molecule has 0 radical (unpaired) electrons. The van der Waals surface area contributed by atoms with Gasteiger partial charge in [0.1, 0.15) is 5.75 Å². The van der Waals surface area contributed by atoms with Gasteiger partial charge < -0.3 is 10.2 Å². The predicted octanol–water partition coefficient (Wildman–Crippen LogP) is 2.14. The topological polar surface area (TPSA) is 118 Å². The van der Waals surface area contributed by atoms with Crippen molar-refractivity contribution < 1.29 is 15.0 Å². The lowest BCUT2D eigenvalue weighted by Gasteiger charge is -2.47. The number of phenols is 1. The van der Waals surface area contributed by atoms with Crippen molar-refractivity contribution in [2.24, 2.45) is 0 Å². The van der Waals surface area contributed by atoms with E-state index in [0.717, 1.165) is 16.7 Å². The number of aliphatic carboxylic acids is 1. The Morgan fingerprint density at radius 3 is 2.55 bits per heavy atom. The van der Waals surface area contributed by atoms with Crippen LogP contribution < -0.4 is 0 Å². The van der Waals surface area contributed by atoms with Crippen LogP contribution in [-0.4, -0.2) is 78.3 Å². The molecule has 162 valence electrons. The van der Waals surface area contributed by atoms with Crippen molar-refractivity contribution >= 4 is 5.97 Å². The summed E-state index contributed by atoms with van der Waals surface area (Å²) in [6.07, 6.45) is 0. The summed E-state index contributed by atoms with van der Waals surface area (Å²) in [6, 6.07) is 15.5. The smallest absolute Gasteiger partial charge is 0.317 e. The molecule has 1 aliphatic heterocycles. The van der Waals surface area contributed by atoms with Gasteiger partial charge in [-0.15, -0.1) is 10.2 Å². The molecule has 1 unspecified atom stereocenters. The molecule has 0 saturated carbocycles. The summed E-state index contributed by atoms with van der Waals surface area (Å²) < 4.78 is 0. The second kappa shape index (κ2) is 8.83. The molecule has 3 aromatic rings. The van der Waals surface area contributed by atoms with Gasteiger partial charge in [0.05, 0.1) is 12.6 Å². The number of benzene rings is 2. The molecular formula is C22H26N6O3. The van der Waals surface area contributed by atoms with Crippen LogP contribution in [0.25, 0.3) is 11.4 Å². The number of phenolic OH excluding ortho intramolecular Hbond substituents is 1. The molecule has 3 atom stereocenters. The van der Waals surface area contributed by atoms with E-state index in [1.165, 1.54) is 0 Å². The Kier molecular flexibility index (Phi) is 5.97. The van der Waals surface area contributed by atoms with Crippen molar-refractivity contribution in [3.63, 3.8) is 0 Å². The Labute approximate surface area is 180 Å². The van der Waals surface area contributed by atoms with E-state index < -0.39 is 5.97 Å². The van der Waals surface area contributed by atoms with Crippen LogP contribution >= 0.6 is 0 Å². The van der Waals surface area contributed by atoms with Crippen molar-refractivity contribution in [1.82, 2.24) is 30.4 Å². The minimum Gasteiger partial charge on any atom is -0.508 e. The lowest BCUT2D eigenvalue weighted by Crippen LogP contribution is -2.58. The zero-order valence-electron chi connectivity index (χ0n) is 17.5. The molecule has 0 spiro atoms. The van der Waals surface area contributed by atoms with E-state index in [-0.39, 0.29) is 30.4 Å². The Balaban J connectivity index is 1.68. The largest absolute Gasteiger partial charge is 0.508 e. The van der Waals surface area contributed by atoms with Gasteiger partial charge in [0, 0.05) is 30.7 Å². The number of carboxylic acid groups (broad SMARTS) is 1. The third-order valence-electron chi connectivity index (χ3n) is 5.85. The van der Waals surface area contributed by atoms with Crippen LogP contribution in [-0.2, 0) is 4.79 Å². The number of tetrazole rings is 1. The first-order valence-corrected chi connectivity index (χ1v) is 10.3. The molecular weight excluding hydrogens is 396 g/mol. The Morgan fingerprint density at radius 1 is 1.13 bits per heavy atom. The SMILES string of the molecule is C[C@H]1CN(C(c2ccc(-c3nn[nH]n3)cc2)c2cccc(O)c2)[C@@H](C)CN1CC(=O)O. The number of hydrogen-bond donors (Lipinski definition) is 3. The maximum Gasteiger partial charge on any atom is 0.317 e. The van der Waals surface area contributed by atoms with E-state index in [1.807, 2.05) is 41.3 Å². The van der Waals surface area contributed by atoms with E-state index in [0.29, 0.717) is 18.9 Å². The van der Waals surface area contributed by atoms with E-state index in [9.17, 15) is 15.0 Å². The maximum atomic E-state index is 11.2. The first-order valence-electron chi connectivity index (χ1n) is 10.3. The highest BCUT2D eigenvalue weighted by Gasteiger charge is 2.35. The van der Waals surface area contributed by atoms with E-state index >= 15 is 0 Å². The Bertz CT molecular complexity index is 1020. The number of H-pyrrole nitrogens is 1. The summed E-state index contributed by atoms with van der Waals surface area (Å²) in [5, 5.41) is 33.5. The van der Waals surface area contributed by atoms with Gasteiger partial charge in [0.15, 0.2) is 0 Å². The standard InChI is InChI=1S/C22H26N6O3/c1-14-12-28(15(2)11-27(14)13-20(30)31)21(18-4-3-5-19(29)10-18)16-6-8-17(9-7-16)22-23-25-26-24-22/h3-10,14-15,21,29H,11-13H2,1-2H3,(H,30,31)(H,23,24,25,26)/t14-,15-,21?/m0/s1. The number of nitrogens with zero attached hydrogens (tertiary/aromatic N) is 5. The lowest BCUT2D eigenvalue weighted by molar-refractivity contribution is -0.140. The number of rotatable bonds is 6. The minimum atomic E-state index is -0.811. The van der Waals surface area contributed by atoms with Crippen molar-refractivity contribution in [2.75, 3.05) is 19.6 Å². The van der Waals surface area contributed by atoms with Gasteiger partial charge in [-0.3, -0.25) is 14.6 Å². The van der Waals surface area contributed by atoms with E-state index in [4.69, 9.17) is 0 Å². The first kappa shape index (κ1) is 21.0. The predicted molar refractivity (Wildman–Crippen MR) is 114 cm³/mol. The maximum absolute atomic E-state index is 11.2. The number of aromatic nitrogens is 4. The summed E-state index contributed by atoms with van der Waals surface area (Å²) in [4.78, 5) is 15.6. The van der Waals surface area contributed by atoms with Crippen molar-refractivity contribution in [3.05, 3.63) is 59.7 Å². The van der Waals surface area contributed by atoms with Gasteiger partial charge in [-0.05, 0) is 42.3 Å². The van der Waals surface area contributed by atoms with Crippen LogP contribution in [0.15, 0.2) is 48.5 Å². The average Bonchev–Trinajstić information content (AvgIpc) is 3.27. The summed E-state index contributed by atoms with van der Waals surface area (Å²) in [7, 11) is 0. The molecule has 9 nitrogen and oxygen atoms in total. The minimum absolute atomic E-state index is 0.0372. The summed E-state index contributed by atoms with van der Waals surface area (Å²) >= 11 is 0. The summed E-state index contributed by atoms with van der Waals surface area (Å²) in [6.45, 7) is 5.57. The lowest BCUT2D eigenvalue weighted by atomic mass is 9.92. The van der Waals surface area contributed by atoms with Crippen molar-refractivity contribution in [2.45, 2.75) is 32.0 Å². The fourth-order valence-electron chi connectivity index (χ4n) is 4.35. The van der Waals surface area contributed by atoms with Gasteiger partial charge in [0.2, 0.25) is 5.82 Å². The normalized spacial score (nSPS) is 21.1. The van der Waals surface area contributed by atoms with E-state index in [2.05, 4.69) is 39.4 Å². The highest BCUT2D eigenvalue weighted by molar-refractivity contribution is 5.69. The summed E-state index contributed by atoms with van der Waals surface area (Å²) in [5.74, 6) is -0.0602. The third kappa shape index (κ3) is 4.57. The molecule has 2 heterocycles. The quantitative estimate of drug-likeness (QED) is 0.553. The van der Waals surface area contributed by atoms with Gasteiger partial charge in [-0.25, -0.2) is 0 Å². The van der Waals surface area contributed by atoms with Crippen LogP contribution in [0.5, 0.6) is 5.75 Å². The molecule has 1 fully saturated rings. The molecule has 4 rings (SSSR count). The number of nitrogens with one attached hydrogen (secondary N) is 1. The summed E-state index contributed by atoms with van der Waals surface area (Å²) in [5.41, 5.74) is 2.92. The van der Waals surface area contributed by atoms with Crippen LogP contribution in [0.4, 0.5) is 0 Å². The molecule has 31 heavy (non-hydrogen) atoms. The molecule has 0 amide bonds. The Morgan fingerprint density at radius 2 is 1.90 bits per heavy atom. The number of piperazine rings is 1. The Hall–Kier alpha value is -3.30. The number of aromatic hydroxyl groups is 1. The highest BCUT2D eigenvalue weighted by Crippen LogP contribution is 2.35. The van der Waals surface area contributed by atoms with Crippen LogP contribution in [0, 0.1) is 0 Å². The molecule has 2 aromatic carbocycles. The molecule has 1 aliphatic rings. The van der Waals surface area contributed by atoms with Gasteiger partial charge in [-0.1, -0.05) is 36.4 Å². The van der Waals surface area contributed by atoms with Crippen LogP contribution in [0.2, 0.25) is 0 Å². The highest BCUT2D eigenvalue weighted by atomic mass is 16.4. The zero-order valence-corrected chi connectivity index (χ0v) is 17.5. The fraction of sp³-hybridized carbons (Fsp3) is 0.364. The first-order chi connectivity index (χ1) is 14.9. The average molecular weight is 422 g/mol. The molecule has 9 heteroatoms. The van der Waals surface area contributed by atoms with Gasteiger partial charge in [-0.2, -0.15) is 5.21 Å². The second-order valence-corrected chi connectivity index (χ2v) is 8.07. The second-order valence-electron chi connectivity index (χ2n) is 8.07. The van der Waals surface area contributed by atoms with Gasteiger partial charge >= 0.3 is 5.97 Å². The molecule has 0 aliphatic carbocycles. The van der Waals surface area contributed by atoms with Crippen molar-refractivity contribution in [3.8, 4) is 17.1 Å². The third-order valence-corrected chi connectivity index (χ3v) is 5.85. The van der Waals surface area contributed by atoms with Gasteiger partial charge in [0.25, 0.3) is 0 Å². The van der Waals surface area contributed by atoms with Crippen molar-refractivity contribution in [1.29, 1.82) is 0 Å². The molecule has 1 saturated heterocycles. The monoisotopic (exact) mass is 422 g/mol. The molecule has 3 N–H and O–H groups in total. The molecule has 0 bridgehead atoms. The number of aromatic amines is 1. The molecule has 1 aromatic heterocycles. The van der Waals surface area contributed by atoms with E-state index in [1.54, 1.807) is 12.1 Å². The number of carboxylic acids is 1. The zero-order chi connectivity index (χ0) is 22.0.